The van der Waals surface area contributed by atoms with Crippen molar-refractivity contribution in [1.82, 2.24) is 5.32 Å². The first-order valence-corrected chi connectivity index (χ1v) is 7.60. The van der Waals surface area contributed by atoms with Crippen molar-refractivity contribution in [1.29, 1.82) is 0 Å². The molecule has 0 unspecified atom stereocenters. The Morgan fingerprint density at radius 3 is 2.70 bits per heavy atom. The highest BCUT2D eigenvalue weighted by molar-refractivity contribution is 5.98. The first kappa shape index (κ1) is 14.8. The zero-order valence-electron chi connectivity index (χ0n) is 12.2. The quantitative estimate of drug-likeness (QED) is 0.809. The van der Waals surface area contributed by atoms with Gasteiger partial charge in [0, 0.05) is 24.4 Å². The first-order chi connectivity index (χ1) is 9.70. The average molecular weight is 273 g/mol. The van der Waals surface area contributed by atoms with Gasteiger partial charge in [-0.15, -0.1) is 0 Å². The van der Waals surface area contributed by atoms with E-state index in [-0.39, 0.29) is 17.6 Å². The highest BCUT2D eigenvalue weighted by Gasteiger charge is 2.24. The molecule has 0 aliphatic carbocycles. The molecule has 1 heterocycles. The molecule has 1 aliphatic heterocycles. The molecular formula is C17H23NO2. The van der Waals surface area contributed by atoms with Crippen molar-refractivity contribution < 1.29 is 9.59 Å². The minimum atomic E-state index is -0.143. The summed E-state index contributed by atoms with van der Waals surface area (Å²) in [7, 11) is 0. The molecule has 3 heteroatoms. The van der Waals surface area contributed by atoms with Crippen LogP contribution >= 0.6 is 0 Å². The molecule has 1 saturated heterocycles. The van der Waals surface area contributed by atoms with E-state index in [1.807, 2.05) is 24.3 Å². The maximum atomic E-state index is 12.2. The molecule has 0 saturated carbocycles. The number of carbonyl (C=O) groups excluding carboxylic acids is 2. The van der Waals surface area contributed by atoms with Gasteiger partial charge >= 0.3 is 0 Å². The Morgan fingerprint density at radius 2 is 2.05 bits per heavy atom. The molecule has 0 radical (unpaired) electrons. The van der Waals surface area contributed by atoms with Crippen LogP contribution in [0.1, 0.15) is 54.9 Å². The van der Waals surface area contributed by atoms with Gasteiger partial charge in [0.05, 0.1) is 0 Å². The fourth-order valence-electron chi connectivity index (χ4n) is 2.61. The van der Waals surface area contributed by atoms with Gasteiger partial charge in [-0.1, -0.05) is 37.6 Å². The summed E-state index contributed by atoms with van der Waals surface area (Å²) in [5.41, 5.74) is 2.00. The Hall–Kier alpha value is -1.64. The second-order valence-corrected chi connectivity index (χ2v) is 5.56. The lowest BCUT2D eigenvalue weighted by Crippen LogP contribution is -2.37. The standard InChI is InChI=1S/C17H23NO2/c1-2-3-5-13-7-9-14(10-8-13)16(19)12-15-6-4-11-18-17(15)20/h7-10,15H,2-6,11-12H2,1H3,(H,18,20)/t15-/m0/s1. The number of hydrogen-bond acceptors (Lipinski definition) is 2. The second-order valence-electron chi connectivity index (χ2n) is 5.56. The van der Waals surface area contributed by atoms with E-state index >= 15 is 0 Å². The molecule has 0 bridgehead atoms. The fourth-order valence-corrected chi connectivity index (χ4v) is 2.61. The first-order valence-electron chi connectivity index (χ1n) is 7.60. The zero-order valence-corrected chi connectivity index (χ0v) is 12.2. The van der Waals surface area contributed by atoms with Crippen molar-refractivity contribution >= 4 is 11.7 Å². The van der Waals surface area contributed by atoms with E-state index in [4.69, 9.17) is 0 Å². The molecule has 1 aliphatic rings. The summed E-state index contributed by atoms with van der Waals surface area (Å²) in [6, 6.07) is 7.86. The summed E-state index contributed by atoms with van der Waals surface area (Å²) >= 11 is 0. The van der Waals surface area contributed by atoms with Gasteiger partial charge in [-0.3, -0.25) is 9.59 Å². The zero-order chi connectivity index (χ0) is 14.4. The number of Topliss-reactive ketones (excluding diaryl/α,β-unsaturated/α-hetero) is 1. The van der Waals surface area contributed by atoms with Crippen LogP contribution in [0.25, 0.3) is 0 Å². The highest BCUT2D eigenvalue weighted by atomic mass is 16.2. The Kier molecular flexibility index (Phi) is 5.33. The Balaban J connectivity index is 1.93. The van der Waals surface area contributed by atoms with E-state index < -0.39 is 0 Å². The van der Waals surface area contributed by atoms with Crippen molar-refractivity contribution in [3.05, 3.63) is 35.4 Å². The highest BCUT2D eigenvalue weighted by Crippen LogP contribution is 2.19. The number of aryl methyl sites for hydroxylation is 1. The summed E-state index contributed by atoms with van der Waals surface area (Å²) in [5.74, 6) is -0.0331. The largest absolute Gasteiger partial charge is 0.356 e. The number of ketones is 1. The number of unbranched alkanes of at least 4 members (excludes halogenated alkanes) is 1. The summed E-state index contributed by atoms with van der Waals surface area (Å²) in [5, 5.41) is 2.83. The molecular weight excluding hydrogens is 250 g/mol. The number of piperidine rings is 1. The van der Waals surface area contributed by atoms with Crippen molar-refractivity contribution in [2.24, 2.45) is 5.92 Å². The molecule has 1 aromatic rings. The molecule has 1 fully saturated rings. The normalized spacial score (nSPS) is 18.6. The van der Waals surface area contributed by atoms with E-state index in [1.54, 1.807) is 0 Å². The lowest BCUT2D eigenvalue weighted by molar-refractivity contribution is -0.126. The molecule has 1 N–H and O–H groups in total. The van der Waals surface area contributed by atoms with E-state index in [9.17, 15) is 9.59 Å². The lowest BCUT2D eigenvalue weighted by Gasteiger charge is -2.21. The SMILES string of the molecule is CCCCc1ccc(C(=O)C[C@@H]2CCCNC2=O)cc1. The van der Waals surface area contributed by atoms with Crippen LogP contribution in [0.4, 0.5) is 0 Å². The maximum Gasteiger partial charge on any atom is 0.223 e. The number of nitrogens with one attached hydrogen (secondary N) is 1. The third kappa shape index (κ3) is 3.92. The molecule has 0 spiro atoms. The van der Waals surface area contributed by atoms with E-state index in [2.05, 4.69) is 12.2 Å². The predicted molar refractivity (Wildman–Crippen MR) is 79.7 cm³/mol. The smallest absolute Gasteiger partial charge is 0.223 e. The summed E-state index contributed by atoms with van der Waals surface area (Å²) in [6.07, 6.45) is 5.55. The van der Waals surface area contributed by atoms with Crippen molar-refractivity contribution in [3.8, 4) is 0 Å². The summed E-state index contributed by atoms with van der Waals surface area (Å²) < 4.78 is 0. The number of rotatable bonds is 6. The van der Waals surface area contributed by atoms with E-state index in [0.29, 0.717) is 6.42 Å². The number of hydrogen-bond donors (Lipinski definition) is 1. The predicted octanol–water partition coefficient (Wildman–Crippen LogP) is 3.13. The molecule has 1 aromatic carbocycles. The van der Waals surface area contributed by atoms with Gasteiger partial charge in [-0.2, -0.15) is 0 Å². The van der Waals surface area contributed by atoms with Gasteiger partial charge in [0.1, 0.15) is 0 Å². The van der Waals surface area contributed by atoms with Crippen LogP contribution in [0.5, 0.6) is 0 Å². The number of carbonyl (C=O) groups is 2. The van der Waals surface area contributed by atoms with Crippen LogP contribution in [-0.2, 0) is 11.2 Å². The molecule has 108 valence electrons. The third-order valence-corrected chi connectivity index (χ3v) is 3.93. The van der Waals surface area contributed by atoms with Crippen LogP contribution in [0.2, 0.25) is 0 Å². The average Bonchev–Trinajstić information content (AvgIpc) is 2.48. The second kappa shape index (κ2) is 7.22. The van der Waals surface area contributed by atoms with Gasteiger partial charge in [0.25, 0.3) is 0 Å². The summed E-state index contributed by atoms with van der Waals surface area (Å²) in [4.78, 5) is 23.9. The minimum absolute atomic E-state index is 0.0316. The maximum absolute atomic E-state index is 12.2. The van der Waals surface area contributed by atoms with E-state index in [0.717, 1.165) is 31.4 Å². The van der Waals surface area contributed by atoms with Gasteiger partial charge < -0.3 is 5.32 Å². The van der Waals surface area contributed by atoms with Gasteiger partial charge in [-0.25, -0.2) is 0 Å². The molecule has 1 amide bonds. The molecule has 2 rings (SSSR count). The monoisotopic (exact) mass is 273 g/mol. The van der Waals surface area contributed by atoms with Crippen molar-refractivity contribution in [3.63, 3.8) is 0 Å². The Labute approximate surface area is 120 Å². The Morgan fingerprint density at radius 1 is 1.30 bits per heavy atom. The van der Waals surface area contributed by atoms with Gasteiger partial charge in [0.2, 0.25) is 5.91 Å². The van der Waals surface area contributed by atoms with Crippen LogP contribution in [0.3, 0.4) is 0 Å². The lowest BCUT2D eigenvalue weighted by atomic mass is 9.91. The van der Waals surface area contributed by atoms with E-state index in [1.165, 1.54) is 18.4 Å². The molecule has 1 atom stereocenters. The van der Waals surface area contributed by atoms with Crippen molar-refractivity contribution in [2.75, 3.05) is 6.54 Å². The van der Waals surface area contributed by atoms with Crippen LogP contribution < -0.4 is 5.32 Å². The van der Waals surface area contributed by atoms with Crippen LogP contribution in [-0.4, -0.2) is 18.2 Å². The number of amides is 1. The summed E-state index contributed by atoms with van der Waals surface area (Å²) in [6.45, 7) is 2.92. The van der Waals surface area contributed by atoms with Gasteiger partial charge in [-0.05, 0) is 31.2 Å². The molecule has 0 aromatic heterocycles. The fraction of sp³-hybridized carbons (Fsp3) is 0.529. The van der Waals surface area contributed by atoms with Crippen LogP contribution in [0.15, 0.2) is 24.3 Å². The third-order valence-electron chi connectivity index (χ3n) is 3.93. The van der Waals surface area contributed by atoms with Gasteiger partial charge in [0.15, 0.2) is 5.78 Å². The van der Waals surface area contributed by atoms with Crippen molar-refractivity contribution in [2.45, 2.75) is 45.4 Å². The molecule has 20 heavy (non-hydrogen) atoms. The van der Waals surface area contributed by atoms with Crippen LogP contribution in [0, 0.1) is 5.92 Å². The molecule has 3 nitrogen and oxygen atoms in total. The Bertz CT molecular complexity index is 464. The topological polar surface area (TPSA) is 46.2 Å². The minimum Gasteiger partial charge on any atom is -0.356 e. The number of benzene rings is 1.